The van der Waals surface area contributed by atoms with Crippen LogP contribution >= 0.6 is 12.0 Å². The van der Waals surface area contributed by atoms with E-state index in [-0.39, 0.29) is 10.6 Å². The van der Waals surface area contributed by atoms with Gasteiger partial charge in [-0.1, -0.05) is 5.04 Å². The van der Waals surface area contributed by atoms with Gasteiger partial charge in [0.05, 0.1) is 22.6 Å². The maximum absolute atomic E-state index is 11.8. The van der Waals surface area contributed by atoms with Gasteiger partial charge >= 0.3 is 5.97 Å². The SMILES string of the molecule is Cc1cc(/N=N/c2c(C(=O)O)nn(-c3ccc(S(=O)(=O)O)cc3)c2O)c(S(=O)(=O)O)cc1SOOO. The van der Waals surface area contributed by atoms with Crippen LogP contribution in [-0.2, 0) is 29.6 Å². The van der Waals surface area contributed by atoms with Crippen LogP contribution in [0.1, 0.15) is 16.1 Å². The molecule has 0 fully saturated rings. The smallest absolute Gasteiger partial charge is 0.358 e. The second kappa shape index (κ2) is 10.3. The minimum atomic E-state index is -4.89. The highest BCUT2D eigenvalue weighted by molar-refractivity contribution is 7.94. The van der Waals surface area contributed by atoms with E-state index in [1.54, 1.807) is 0 Å². The Morgan fingerprint density at radius 2 is 1.69 bits per heavy atom. The first-order valence-electron chi connectivity index (χ1n) is 9.06. The third-order valence-corrected chi connectivity index (χ3v) is 6.86. The lowest BCUT2D eigenvalue weighted by atomic mass is 10.2. The van der Waals surface area contributed by atoms with Gasteiger partial charge in [0, 0.05) is 4.90 Å². The molecule has 1 heterocycles. The van der Waals surface area contributed by atoms with Crippen LogP contribution in [0.5, 0.6) is 5.88 Å². The Labute approximate surface area is 206 Å². The number of rotatable bonds is 9. The molecule has 16 nitrogen and oxygen atoms in total. The number of hydrogen-bond acceptors (Lipinski definition) is 13. The molecule has 0 saturated carbocycles. The summed E-state index contributed by atoms with van der Waals surface area (Å²) in [5.41, 5.74) is -1.66. The van der Waals surface area contributed by atoms with Crippen LogP contribution in [0, 0.1) is 6.92 Å². The molecule has 0 radical (unpaired) electrons. The van der Waals surface area contributed by atoms with Gasteiger partial charge in [0.2, 0.25) is 11.6 Å². The zero-order valence-electron chi connectivity index (χ0n) is 17.6. The molecule has 5 N–H and O–H groups in total. The minimum absolute atomic E-state index is 0.0224. The number of carbonyl (C=O) groups is 1. The third kappa shape index (κ3) is 5.85. The zero-order chi connectivity index (χ0) is 26.8. The number of aromatic hydroxyl groups is 1. The average molecular weight is 563 g/mol. The lowest BCUT2D eigenvalue weighted by Gasteiger charge is -2.08. The number of azo groups is 1. The van der Waals surface area contributed by atoms with E-state index in [2.05, 4.69) is 24.7 Å². The van der Waals surface area contributed by atoms with Crippen LogP contribution in [0.15, 0.2) is 61.3 Å². The number of carboxylic acid groups (broad SMARTS) is 1. The molecular weight excluding hydrogens is 548 g/mol. The lowest BCUT2D eigenvalue weighted by Crippen LogP contribution is -2.02. The maximum Gasteiger partial charge on any atom is 0.358 e. The molecule has 36 heavy (non-hydrogen) atoms. The Kier molecular flexibility index (Phi) is 7.76. The summed E-state index contributed by atoms with van der Waals surface area (Å²) in [6.45, 7) is 1.48. The minimum Gasteiger partial charge on any atom is -0.492 e. The van der Waals surface area contributed by atoms with Gasteiger partial charge in [0.25, 0.3) is 20.2 Å². The number of carboxylic acids is 1. The quantitative estimate of drug-likeness (QED) is 0.0827. The molecule has 0 aliphatic heterocycles. The molecule has 0 aliphatic carbocycles. The van der Waals surface area contributed by atoms with Crippen LogP contribution in [0.2, 0.25) is 0 Å². The van der Waals surface area contributed by atoms with Crippen molar-refractivity contribution in [3.63, 3.8) is 0 Å². The van der Waals surface area contributed by atoms with E-state index in [0.29, 0.717) is 22.3 Å². The summed E-state index contributed by atoms with van der Waals surface area (Å²) in [4.78, 5) is 10.5. The molecule has 3 rings (SSSR count). The Morgan fingerprint density at radius 3 is 2.22 bits per heavy atom. The molecule has 1 aromatic heterocycles. The number of benzene rings is 2. The molecule has 0 spiro atoms. The summed E-state index contributed by atoms with van der Waals surface area (Å²) in [6, 6.07) is 6.21. The van der Waals surface area contributed by atoms with Crippen LogP contribution in [0.4, 0.5) is 11.4 Å². The predicted octanol–water partition coefficient (Wildman–Crippen LogP) is 2.92. The van der Waals surface area contributed by atoms with E-state index in [9.17, 15) is 36.4 Å². The monoisotopic (exact) mass is 562 g/mol. The molecule has 0 atom stereocenters. The molecule has 19 heteroatoms. The van der Waals surface area contributed by atoms with Gasteiger partial charge in [-0.3, -0.25) is 9.11 Å². The molecule has 3 aromatic rings. The summed E-state index contributed by atoms with van der Waals surface area (Å²) in [7, 11) is -9.40. The number of nitrogens with zero attached hydrogens (tertiary/aromatic N) is 4. The number of aromatic carboxylic acids is 1. The second-order valence-electron chi connectivity index (χ2n) is 6.69. The number of hydrogen-bond donors (Lipinski definition) is 5. The van der Waals surface area contributed by atoms with Crippen molar-refractivity contribution in [1.29, 1.82) is 0 Å². The topological polar surface area (TPSA) is 247 Å². The Balaban J connectivity index is 2.11. The first kappa shape index (κ1) is 27.2. The van der Waals surface area contributed by atoms with E-state index >= 15 is 0 Å². The highest BCUT2D eigenvalue weighted by Crippen LogP contribution is 2.37. The fourth-order valence-electron chi connectivity index (χ4n) is 2.76. The molecule has 0 bridgehead atoms. The van der Waals surface area contributed by atoms with E-state index < -0.39 is 58.9 Å². The van der Waals surface area contributed by atoms with Gasteiger partial charge in [0.15, 0.2) is 5.69 Å². The van der Waals surface area contributed by atoms with Crippen molar-refractivity contribution in [2.24, 2.45) is 10.2 Å². The van der Waals surface area contributed by atoms with Crippen molar-refractivity contribution in [1.82, 2.24) is 9.78 Å². The second-order valence-corrected chi connectivity index (χ2v) is 10.2. The summed E-state index contributed by atoms with van der Waals surface area (Å²) >= 11 is 0.408. The van der Waals surface area contributed by atoms with Gasteiger partial charge in [-0.15, -0.1) is 14.6 Å². The van der Waals surface area contributed by atoms with Crippen LogP contribution in [0.3, 0.4) is 0 Å². The molecule has 192 valence electrons. The standard InChI is InChI=1S/C17H14N4O12S3/c1-8-6-11(13(36(29,30)31)7-12(8)34-33-32-25)18-19-14-15(17(23)24)20-21(16(14)22)9-2-4-10(5-3-9)35(26,27)28/h2-7,22,25H,1H3,(H,23,24)(H,26,27,28)(H,29,30,31)/b19-18+. The molecule has 0 saturated heterocycles. The van der Waals surface area contributed by atoms with E-state index in [0.717, 1.165) is 36.4 Å². The normalized spacial score (nSPS) is 12.3. The van der Waals surface area contributed by atoms with Crippen molar-refractivity contribution in [2.45, 2.75) is 21.6 Å². The fraction of sp³-hybridized carbons (Fsp3) is 0.0588. The van der Waals surface area contributed by atoms with Crippen molar-refractivity contribution in [3.05, 3.63) is 47.7 Å². The van der Waals surface area contributed by atoms with Gasteiger partial charge in [-0.25, -0.2) is 10.1 Å². The largest absolute Gasteiger partial charge is 0.492 e. The Morgan fingerprint density at radius 1 is 1.06 bits per heavy atom. The zero-order valence-corrected chi connectivity index (χ0v) is 20.0. The van der Waals surface area contributed by atoms with Gasteiger partial charge in [-0.2, -0.15) is 26.6 Å². The van der Waals surface area contributed by atoms with Gasteiger partial charge in [-0.05, 0) is 48.9 Å². The van der Waals surface area contributed by atoms with Crippen molar-refractivity contribution >= 4 is 49.6 Å². The van der Waals surface area contributed by atoms with Crippen molar-refractivity contribution in [2.75, 3.05) is 0 Å². The molecule has 0 aliphatic rings. The van der Waals surface area contributed by atoms with Crippen LogP contribution in [-0.4, -0.2) is 57.2 Å². The highest BCUT2D eigenvalue weighted by atomic mass is 32.2. The lowest BCUT2D eigenvalue weighted by molar-refractivity contribution is -0.432. The Bertz CT molecular complexity index is 1570. The van der Waals surface area contributed by atoms with Gasteiger partial charge < -0.3 is 10.2 Å². The summed E-state index contributed by atoms with van der Waals surface area (Å²) in [5, 5.41) is 42.7. The van der Waals surface area contributed by atoms with Crippen molar-refractivity contribution in [3.8, 4) is 11.6 Å². The average Bonchev–Trinajstić information content (AvgIpc) is 3.12. The molecule has 0 amide bonds. The Hall–Kier alpha value is -3.43. The summed E-state index contributed by atoms with van der Waals surface area (Å²) in [5.74, 6) is -2.51. The third-order valence-electron chi connectivity index (χ3n) is 4.36. The number of aryl methyl sites for hydroxylation is 1. The van der Waals surface area contributed by atoms with E-state index in [1.807, 2.05) is 0 Å². The summed E-state index contributed by atoms with van der Waals surface area (Å²) in [6.07, 6.45) is 0. The first-order valence-corrected chi connectivity index (χ1v) is 12.7. The summed E-state index contributed by atoms with van der Waals surface area (Å²) < 4.78 is 69.6. The molecular formula is C17H14N4O12S3. The highest BCUT2D eigenvalue weighted by Gasteiger charge is 2.25. The fourth-order valence-corrected chi connectivity index (χ4v) is 4.41. The van der Waals surface area contributed by atoms with Crippen LogP contribution < -0.4 is 0 Å². The maximum atomic E-state index is 11.8. The van der Waals surface area contributed by atoms with E-state index in [1.165, 1.54) is 6.92 Å². The molecule has 2 aromatic carbocycles. The predicted molar refractivity (Wildman–Crippen MR) is 118 cm³/mol. The van der Waals surface area contributed by atoms with Crippen molar-refractivity contribution < 1.29 is 55.6 Å². The van der Waals surface area contributed by atoms with Gasteiger partial charge in [0.1, 0.15) is 10.6 Å². The number of aromatic nitrogens is 2. The van der Waals surface area contributed by atoms with E-state index in [4.69, 9.17) is 9.81 Å². The molecule has 0 unspecified atom stereocenters. The van der Waals surface area contributed by atoms with Crippen LogP contribution in [0.25, 0.3) is 5.69 Å². The first-order chi connectivity index (χ1) is 16.7.